The Hall–Kier alpha value is -0.440. The maximum Gasteiger partial charge on any atom is 0.269 e. The molecule has 0 heterocycles. The van der Waals surface area contributed by atoms with Gasteiger partial charge in [-0.25, -0.2) is 8.78 Å². The van der Waals surface area contributed by atoms with Gasteiger partial charge in [0.2, 0.25) is 0 Å². The highest BCUT2D eigenvalue weighted by atomic mass is 19.3. The molecule has 0 aliphatic heterocycles. The average molecular weight is 218 g/mol. The molecule has 0 aromatic rings. The molecule has 1 nitrogen and oxygen atoms in total. The highest BCUT2D eigenvalue weighted by Gasteiger charge is 2.37. The van der Waals surface area contributed by atoms with Crippen molar-refractivity contribution >= 4 is 0 Å². The van der Waals surface area contributed by atoms with E-state index in [1.807, 2.05) is 6.92 Å². The van der Waals surface area contributed by atoms with Crippen molar-refractivity contribution in [1.29, 1.82) is 0 Å². The molecule has 0 saturated carbocycles. The van der Waals surface area contributed by atoms with Crippen molar-refractivity contribution in [2.24, 2.45) is 0 Å². The molecule has 3 heteroatoms. The molecule has 1 aliphatic rings. The van der Waals surface area contributed by atoms with Gasteiger partial charge in [-0.3, -0.25) is 0 Å². The summed E-state index contributed by atoms with van der Waals surface area (Å²) in [4.78, 5) is 0. The van der Waals surface area contributed by atoms with Crippen molar-refractivity contribution in [3.8, 4) is 0 Å². The van der Waals surface area contributed by atoms with Gasteiger partial charge in [0.25, 0.3) is 5.92 Å². The Morgan fingerprint density at radius 2 is 2.20 bits per heavy atom. The molecule has 0 aromatic heterocycles. The fourth-order valence-electron chi connectivity index (χ4n) is 2.00. The quantitative estimate of drug-likeness (QED) is 0.714. The van der Waals surface area contributed by atoms with Crippen LogP contribution in [0.2, 0.25) is 0 Å². The third-order valence-electron chi connectivity index (χ3n) is 2.93. The standard InChI is InChI=1S/C12H20F2O/c1-3-4-8-12(13,14)10-6-5-7-11(2,15)9-10/h9,15H,3-8H2,1-2H3. The number of allylic oxidation sites excluding steroid dienone is 1. The Balaban J connectivity index is 2.73. The smallest absolute Gasteiger partial charge is 0.269 e. The molecule has 1 N–H and O–H groups in total. The minimum Gasteiger partial charge on any atom is -0.386 e. The first-order valence-electron chi connectivity index (χ1n) is 5.70. The van der Waals surface area contributed by atoms with Gasteiger partial charge in [-0.05, 0) is 44.3 Å². The average Bonchev–Trinajstić information content (AvgIpc) is 2.13. The van der Waals surface area contributed by atoms with E-state index in [0.29, 0.717) is 25.7 Å². The van der Waals surface area contributed by atoms with E-state index in [1.165, 1.54) is 6.08 Å². The second kappa shape index (κ2) is 4.60. The summed E-state index contributed by atoms with van der Waals surface area (Å²) < 4.78 is 27.3. The van der Waals surface area contributed by atoms with Crippen LogP contribution in [-0.2, 0) is 0 Å². The van der Waals surface area contributed by atoms with Gasteiger partial charge in [0, 0.05) is 6.42 Å². The Labute approximate surface area is 90.2 Å². The van der Waals surface area contributed by atoms with Crippen LogP contribution in [-0.4, -0.2) is 16.6 Å². The minimum atomic E-state index is -2.72. The van der Waals surface area contributed by atoms with E-state index in [0.717, 1.165) is 6.42 Å². The molecular formula is C12H20F2O. The molecule has 1 aliphatic carbocycles. The molecule has 0 amide bonds. The van der Waals surface area contributed by atoms with Gasteiger partial charge in [0.15, 0.2) is 0 Å². The molecule has 1 rings (SSSR count). The van der Waals surface area contributed by atoms with Crippen LogP contribution in [0.3, 0.4) is 0 Å². The van der Waals surface area contributed by atoms with Gasteiger partial charge in [0.05, 0.1) is 5.60 Å². The van der Waals surface area contributed by atoms with E-state index in [2.05, 4.69) is 0 Å². The zero-order valence-electron chi connectivity index (χ0n) is 9.52. The Morgan fingerprint density at radius 1 is 1.53 bits per heavy atom. The van der Waals surface area contributed by atoms with Crippen LogP contribution in [0.15, 0.2) is 11.6 Å². The van der Waals surface area contributed by atoms with Crippen molar-refractivity contribution in [1.82, 2.24) is 0 Å². The summed E-state index contributed by atoms with van der Waals surface area (Å²) in [5.74, 6) is -2.72. The molecule has 1 atom stereocenters. The monoisotopic (exact) mass is 218 g/mol. The molecular weight excluding hydrogens is 198 g/mol. The number of hydrogen-bond acceptors (Lipinski definition) is 1. The largest absolute Gasteiger partial charge is 0.386 e. The molecule has 0 aromatic carbocycles. The third-order valence-corrected chi connectivity index (χ3v) is 2.93. The fraction of sp³-hybridized carbons (Fsp3) is 0.833. The second-order valence-corrected chi connectivity index (χ2v) is 4.69. The van der Waals surface area contributed by atoms with Gasteiger partial charge < -0.3 is 5.11 Å². The third kappa shape index (κ3) is 3.56. The lowest BCUT2D eigenvalue weighted by atomic mass is 9.84. The zero-order chi connectivity index (χ0) is 11.5. The van der Waals surface area contributed by atoms with Crippen molar-refractivity contribution in [3.63, 3.8) is 0 Å². The zero-order valence-corrected chi connectivity index (χ0v) is 9.52. The van der Waals surface area contributed by atoms with Crippen LogP contribution in [0, 0.1) is 0 Å². The van der Waals surface area contributed by atoms with E-state index in [1.54, 1.807) is 6.92 Å². The normalized spacial score (nSPS) is 27.7. The highest BCUT2D eigenvalue weighted by Crippen LogP contribution is 2.38. The summed E-state index contributed by atoms with van der Waals surface area (Å²) >= 11 is 0. The summed E-state index contributed by atoms with van der Waals surface area (Å²) in [6.45, 7) is 3.50. The maximum atomic E-state index is 13.7. The first kappa shape index (κ1) is 12.6. The van der Waals surface area contributed by atoms with E-state index in [4.69, 9.17) is 0 Å². The molecule has 0 saturated heterocycles. The van der Waals surface area contributed by atoms with Gasteiger partial charge in [-0.15, -0.1) is 0 Å². The first-order chi connectivity index (χ1) is 6.87. The number of halogens is 2. The summed E-state index contributed by atoms with van der Waals surface area (Å²) in [6, 6.07) is 0. The van der Waals surface area contributed by atoms with Crippen LogP contribution in [0.25, 0.3) is 0 Å². The second-order valence-electron chi connectivity index (χ2n) is 4.69. The predicted molar refractivity (Wildman–Crippen MR) is 57.0 cm³/mol. The van der Waals surface area contributed by atoms with E-state index >= 15 is 0 Å². The molecule has 0 bridgehead atoms. The van der Waals surface area contributed by atoms with Gasteiger partial charge in [-0.2, -0.15) is 0 Å². The minimum absolute atomic E-state index is 0.0919. The summed E-state index contributed by atoms with van der Waals surface area (Å²) in [5, 5.41) is 9.72. The van der Waals surface area contributed by atoms with Crippen LogP contribution in [0.1, 0.15) is 52.4 Å². The molecule has 1 unspecified atom stereocenters. The lowest BCUT2D eigenvalue weighted by molar-refractivity contribution is 0.0140. The van der Waals surface area contributed by atoms with Crippen LogP contribution >= 0.6 is 0 Å². The topological polar surface area (TPSA) is 20.2 Å². The number of hydrogen-bond donors (Lipinski definition) is 1. The van der Waals surface area contributed by atoms with Crippen molar-refractivity contribution < 1.29 is 13.9 Å². The van der Waals surface area contributed by atoms with Gasteiger partial charge in [-0.1, -0.05) is 13.3 Å². The summed E-state index contributed by atoms with van der Waals surface area (Å²) in [6.07, 6.45) is 4.25. The molecule has 0 spiro atoms. The van der Waals surface area contributed by atoms with E-state index in [-0.39, 0.29) is 12.0 Å². The van der Waals surface area contributed by atoms with Gasteiger partial charge >= 0.3 is 0 Å². The van der Waals surface area contributed by atoms with Gasteiger partial charge in [0.1, 0.15) is 0 Å². The van der Waals surface area contributed by atoms with E-state index in [9.17, 15) is 13.9 Å². The lowest BCUT2D eigenvalue weighted by Gasteiger charge is -2.30. The molecule has 88 valence electrons. The Bertz CT molecular complexity index is 244. The molecule has 15 heavy (non-hydrogen) atoms. The van der Waals surface area contributed by atoms with E-state index < -0.39 is 11.5 Å². The first-order valence-corrected chi connectivity index (χ1v) is 5.70. The fourth-order valence-corrected chi connectivity index (χ4v) is 2.00. The molecule has 0 fully saturated rings. The van der Waals surface area contributed by atoms with Crippen molar-refractivity contribution in [2.45, 2.75) is 63.9 Å². The number of aliphatic hydroxyl groups is 1. The van der Waals surface area contributed by atoms with Crippen LogP contribution < -0.4 is 0 Å². The van der Waals surface area contributed by atoms with Crippen molar-refractivity contribution in [3.05, 3.63) is 11.6 Å². The Morgan fingerprint density at radius 3 is 2.73 bits per heavy atom. The van der Waals surface area contributed by atoms with Crippen LogP contribution in [0.5, 0.6) is 0 Å². The van der Waals surface area contributed by atoms with Crippen LogP contribution in [0.4, 0.5) is 8.78 Å². The number of alkyl halides is 2. The highest BCUT2D eigenvalue weighted by molar-refractivity contribution is 5.20. The SMILES string of the molecule is CCCCC(F)(F)C1=CC(C)(O)CCC1. The number of rotatable bonds is 4. The number of unbranched alkanes of at least 4 members (excludes halogenated alkanes) is 1. The predicted octanol–water partition coefficient (Wildman–Crippen LogP) is 3.67. The van der Waals surface area contributed by atoms with Crippen molar-refractivity contribution in [2.75, 3.05) is 0 Å². The summed E-state index contributed by atoms with van der Waals surface area (Å²) in [7, 11) is 0. The lowest BCUT2D eigenvalue weighted by Crippen LogP contribution is -2.30. The Kier molecular flexibility index (Phi) is 3.87. The summed E-state index contributed by atoms with van der Waals surface area (Å²) in [5.41, 5.74) is -0.907. The molecule has 0 radical (unpaired) electrons. The maximum absolute atomic E-state index is 13.7.